The third kappa shape index (κ3) is 3.05. The fraction of sp³-hybridized carbons (Fsp3) is 0.286. The first-order valence-corrected chi connectivity index (χ1v) is 7.04. The fourth-order valence-corrected chi connectivity index (χ4v) is 2.90. The first-order valence-electron chi connectivity index (χ1n) is 5.79. The summed E-state index contributed by atoms with van der Waals surface area (Å²) in [5.74, 6) is 0. The molecule has 1 atom stereocenters. The Morgan fingerprint density at radius 1 is 1.39 bits per heavy atom. The molecular formula is C14H16ClNOS. The van der Waals surface area contributed by atoms with E-state index in [-0.39, 0.29) is 0 Å². The molecule has 0 saturated heterocycles. The van der Waals surface area contributed by atoms with Crippen LogP contribution in [0.15, 0.2) is 35.7 Å². The van der Waals surface area contributed by atoms with Crippen LogP contribution < -0.4 is 4.90 Å². The molecule has 0 fully saturated rings. The number of thiophene rings is 1. The Labute approximate surface area is 116 Å². The standard InChI is InChI=1S/C14H16ClNOS/c1-10(17)11-5-6-14(13(15)8-11)16(2)9-12-4-3-7-18-12/h3-8,10,17H,9H2,1-2H3. The van der Waals surface area contributed by atoms with Gasteiger partial charge in [0.15, 0.2) is 0 Å². The summed E-state index contributed by atoms with van der Waals surface area (Å²) in [6.45, 7) is 2.58. The Morgan fingerprint density at radius 3 is 2.72 bits per heavy atom. The van der Waals surface area contributed by atoms with Gasteiger partial charge in [0.05, 0.1) is 23.4 Å². The van der Waals surface area contributed by atoms with Crippen molar-refractivity contribution in [3.63, 3.8) is 0 Å². The van der Waals surface area contributed by atoms with Gasteiger partial charge >= 0.3 is 0 Å². The SMILES string of the molecule is CC(O)c1ccc(N(C)Cc2cccs2)c(Cl)c1. The van der Waals surface area contributed by atoms with Crippen LogP contribution in [0.25, 0.3) is 0 Å². The van der Waals surface area contributed by atoms with Crippen LogP contribution in [0.3, 0.4) is 0 Å². The summed E-state index contributed by atoms with van der Waals surface area (Å²) in [5, 5.41) is 12.3. The molecule has 2 nitrogen and oxygen atoms in total. The maximum absolute atomic E-state index is 9.51. The van der Waals surface area contributed by atoms with E-state index in [1.807, 2.05) is 31.3 Å². The van der Waals surface area contributed by atoms with Crippen molar-refractivity contribution in [2.75, 3.05) is 11.9 Å². The molecule has 0 saturated carbocycles. The van der Waals surface area contributed by atoms with Gasteiger partial charge in [0.2, 0.25) is 0 Å². The van der Waals surface area contributed by atoms with Crippen molar-refractivity contribution in [1.29, 1.82) is 0 Å². The van der Waals surface area contributed by atoms with Crippen molar-refractivity contribution >= 4 is 28.6 Å². The highest BCUT2D eigenvalue weighted by Gasteiger charge is 2.10. The van der Waals surface area contributed by atoms with Crippen LogP contribution in [-0.4, -0.2) is 12.2 Å². The molecule has 1 aromatic carbocycles. The summed E-state index contributed by atoms with van der Waals surface area (Å²) < 4.78 is 0. The summed E-state index contributed by atoms with van der Waals surface area (Å²) in [4.78, 5) is 3.41. The van der Waals surface area contributed by atoms with E-state index in [0.717, 1.165) is 17.8 Å². The van der Waals surface area contributed by atoms with Gasteiger partial charge in [-0.15, -0.1) is 11.3 Å². The third-order valence-corrected chi connectivity index (χ3v) is 4.00. The number of nitrogens with zero attached hydrogens (tertiary/aromatic N) is 1. The monoisotopic (exact) mass is 281 g/mol. The number of rotatable bonds is 4. The molecule has 1 aromatic heterocycles. The molecule has 0 amide bonds. The van der Waals surface area contributed by atoms with E-state index in [4.69, 9.17) is 11.6 Å². The summed E-state index contributed by atoms with van der Waals surface area (Å²) in [6.07, 6.45) is -0.487. The van der Waals surface area contributed by atoms with Crippen molar-refractivity contribution in [1.82, 2.24) is 0 Å². The van der Waals surface area contributed by atoms with Gasteiger partial charge in [-0.25, -0.2) is 0 Å². The van der Waals surface area contributed by atoms with Crippen LogP contribution in [0.4, 0.5) is 5.69 Å². The van der Waals surface area contributed by atoms with E-state index in [2.05, 4.69) is 16.3 Å². The minimum Gasteiger partial charge on any atom is -0.389 e. The molecule has 4 heteroatoms. The van der Waals surface area contributed by atoms with Gasteiger partial charge in [-0.1, -0.05) is 23.7 Å². The van der Waals surface area contributed by atoms with E-state index in [0.29, 0.717) is 5.02 Å². The Kier molecular flexibility index (Phi) is 4.27. The second-order valence-corrected chi connectivity index (χ2v) is 5.76. The first kappa shape index (κ1) is 13.4. The minimum atomic E-state index is -0.487. The molecule has 18 heavy (non-hydrogen) atoms. The molecule has 1 N–H and O–H groups in total. The van der Waals surface area contributed by atoms with E-state index in [9.17, 15) is 5.11 Å². The number of hydrogen-bond acceptors (Lipinski definition) is 3. The zero-order valence-electron chi connectivity index (χ0n) is 10.4. The number of benzene rings is 1. The molecule has 96 valence electrons. The molecular weight excluding hydrogens is 266 g/mol. The van der Waals surface area contributed by atoms with Crippen molar-refractivity contribution in [3.8, 4) is 0 Å². The Hall–Kier alpha value is -1.03. The van der Waals surface area contributed by atoms with Crippen LogP contribution in [0.5, 0.6) is 0 Å². The van der Waals surface area contributed by atoms with Gasteiger partial charge in [-0.2, -0.15) is 0 Å². The van der Waals surface area contributed by atoms with E-state index >= 15 is 0 Å². The molecule has 0 aliphatic rings. The first-order chi connectivity index (χ1) is 8.58. The second-order valence-electron chi connectivity index (χ2n) is 4.32. The molecule has 2 rings (SSSR count). The lowest BCUT2D eigenvalue weighted by Gasteiger charge is -2.20. The maximum atomic E-state index is 9.51. The van der Waals surface area contributed by atoms with Crippen LogP contribution in [0, 0.1) is 0 Å². The quantitative estimate of drug-likeness (QED) is 0.912. The molecule has 0 aliphatic heterocycles. The third-order valence-electron chi connectivity index (χ3n) is 2.84. The van der Waals surface area contributed by atoms with Gasteiger partial charge in [-0.05, 0) is 36.1 Å². The summed E-state index contributed by atoms with van der Waals surface area (Å²) in [6, 6.07) is 9.85. The van der Waals surface area contributed by atoms with Crippen LogP contribution in [0.2, 0.25) is 5.02 Å². The smallest absolute Gasteiger partial charge is 0.0762 e. The lowest BCUT2D eigenvalue weighted by atomic mass is 10.1. The zero-order chi connectivity index (χ0) is 13.1. The Bertz CT molecular complexity index is 511. The number of aliphatic hydroxyl groups is 1. The Morgan fingerprint density at radius 2 is 2.17 bits per heavy atom. The molecule has 0 bridgehead atoms. The second kappa shape index (κ2) is 5.74. The molecule has 0 radical (unpaired) electrons. The number of anilines is 1. The highest BCUT2D eigenvalue weighted by molar-refractivity contribution is 7.09. The fourth-order valence-electron chi connectivity index (χ4n) is 1.81. The normalized spacial score (nSPS) is 12.4. The van der Waals surface area contributed by atoms with Gasteiger partial charge in [-0.3, -0.25) is 0 Å². The van der Waals surface area contributed by atoms with Gasteiger partial charge < -0.3 is 10.0 Å². The average molecular weight is 282 g/mol. The predicted molar refractivity (Wildman–Crippen MR) is 78.5 cm³/mol. The average Bonchev–Trinajstić information content (AvgIpc) is 2.81. The topological polar surface area (TPSA) is 23.5 Å². The lowest BCUT2D eigenvalue weighted by molar-refractivity contribution is 0.199. The highest BCUT2D eigenvalue weighted by Crippen LogP contribution is 2.29. The van der Waals surface area contributed by atoms with Gasteiger partial charge in [0, 0.05) is 11.9 Å². The summed E-state index contributed by atoms with van der Waals surface area (Å²) >= 11 is 7.99. The van der Waals surface area contributed by atoms with E-state index < -0.39 is 6.10 Å². The number of aliphatic hydroxyl groups excluding tert-OH is 1. The molecule has 0 aliphatic carbocycles. The highest BCUT2D eigenvalue weighted by atomic mass is 35.5. The van der Waals surface area contributed by atoms with Crippen molar-refractivity contribution < 1.29 is 5.11 Å². The maximum Gasteiger partial charge on any atom is 0.0762 e. The van der Waals surface area contributed by atoms with Gasteiger partial charge in [0.1, 0.15) is 0 Å². The molecule has 2 aromatic rings. The van der Waals surface area contributed by atoms with Crippen molar-refractivity contribution in [2.24, 2.45) is 0 Å². The predicted octanol–water partition coefficient (Wildman–Crippen LogP) is 4.09. The number of halogens is 1. The summed E-state index contributed by atoms with van der Waals surface area (Å²) in [7, 11) is 2.02. The molecule has 1 unspecified atom stereocenters. The lowest BCUT2D eigenvalue weighted by Crippen LogP contribution is -2.16. The van der Waals surface area contributed by atoms with E-state index in [1.54, 1.807) is 18.3 Å². The van der Waals surface area contributed by atoms with Crippen molar-refractivity contribution in [3.05, 3.63) is 51.2 Å². The largest absolute Gasteiger partial charge is 0.389 e. The van der Waals surface area contributed by atoms with Crippen LogP contribution >= 0.6 is 22.9 Å². The zero-order valence-corrected chi connectivity index (χ0v) is 12.0. The van der Waals surface area contributed by atoms with E-state index in [1.165, 1.54) is 4.88 Å². The van der Waals surface area contributed by atoms with Crippen LogP contribution in [0.1, 0.15) is 23.5 Å². The minimum absolute atomic E-state index is 0.487. The van der Waals surface area contributed by atoms with Crippen LogP contribution in [-0.2, 0) is 6.54 Å². The molecule has 1 heterocycles. The Balaban J connectivity index is 2.17. The summed E-state index contributed by atoms with van der Waals surface area (Å²) in [5.41, 5.74) is 1.82. The van der Waals surface area contributed by atoms with Crippen molar-refractivity contribution in [2.45, 2.75) is 19.6 Å². The number of hydrogen-bond donors (Lipinski definition) is 1. The van der Waals surface area contributed by atoms with Gasteiger partial charge in [0.25, 0.3) is 0 Å². The molecule has 0 spiro atoms.